The van der Waals surface area contributed by atoms with Gasteiger partial charge in [0.15, 0.2) is 0 Å². The zero-order chi connectivity index (χ0) is 19.2. The van der Waals surface area contributed by atoms with Crippen molar-refractivity contribution in [3.8, 4) is 17.0 Å². The predicted molar refractivity (Wildman–Crippen MR) is 105 cm³/mol. The summed E-state index contributed by atoms with van der Waals surface area (Å²) in [7, 11) is 1.56. The molecule has 0 fully saturated rings. The molecule has 0 aliphatic carbocycles. The highest BCUT2D eigenvalue weighted by Gasteiger charge is 2.07. The van der Waals surface area contributed by atoms with Gasteiger partial charge in [0, 0.05) is 23.7 Å². The first-order chi connectivity index (χ1) is 13.0. The van der Waals surface area contributed by atoms with E-state index in [-0.39, 0.29) is 11.5 Å². The number of aryl methyl sites for hydroxylation is 1. The topological polar surface area (TPSA) is 84.1 Å². The van der Waals surface area contributed by atoms with Gasteiger partial charge < -0.3 is 10.1 Å². The molecule has 0 atom stereocenters. The summed E-state index contributed by atoms with van der Waals surface area (Å²) in [6.07, 6.45) is 0.889. The molecule has 0 aliphatic rings. The molecule has 0 saturated heterocycles. The van der Waals surface area contributed by atoms with Gasteiger partial charge in [-0.05, 0) is 42.3 Å². The van der Waals surface area contributed by atoms with Gasteiger partial charge in [-0.15, -0.1) is 0 Å². The maximum absolute atomic E-state index is 12.3. The summed E-state index contributed by atoms with van der Waals surface area (Å²) < 4.78 is 5.12. The number of rotatable bonds is 6. The van der Waals surface area contributed by atoms with Crippen LogP contribution in [0.15, 0.2) is 59.4 Å². The number of nitrogens with one attached hydrogen (secondary N) is 2. The number of nitrogens with zero attached hydrogens (tertiary/aromatic N) is 1. The largest absolute Gasteiger partial charge is 0.495 e. The van der Waals surface area contributed by atoms with Gasteiger partial charge in [-0.2, -0.15) is 5.10 Å². The number of carbonyl (C=O) groups is 1. The Bertz CT molecular complexity index is 997. The van der Waals surface area contributed by atoms with E-state index in [0.717, 1.165) is 11.1 Å². The van der Waals surface area contributed by atoms with Gasteiger partial charge in [0.2, 0.25) is 5.91 Å². The Labute approximate surface area is 161 Å². The van der Waals surface area contributed by atoms with Crippen molar-refractivity contribution in [2.75, 3.05) is 12.4 Å². The summed E-state index contributed by atoms with van der Waals surface area (Å²) >= 11 is 6.11. The van der Waals surface area contributed by atoms with Crippen LogP contribution in [-0.2, 0) is 11.2 Å². The van der Waals surface area contributed by atoms with E-state index in [1.165, 1.54) is 6.07 Å². The number of ether oxygens (including phenoxy) is 1. The van der Waals surface area contributed by atoms with Crippen molar-refractivity contribution in [1.29, 1.82) is 0 Å². The minimum atomic E-state index is -0.262. The summed E-state index contributed by atoms with van der Waals surface area (Å²) in [4.78, 5) is 23.4. The van der Waals surface area contributed by atoms with Gasteiger partial charge >= 0.3 is 0 Å². The summed E-state index contributed by atoms with van der Waals surface area (Å²) in [6.45, 7) is 0. The first kappa shape index (κ1) is 18.7. The number of halogens is 1. The molecule has 1 amide bonds. The summed E-state index contributed by atoms with van der Waals surface area (Å²) in [5.74, 6) is 0.506. The standard InChI is InChI=1S/C20H18ClN3O3/c1-27-18-8-5-13(11-16(18)21)6-9-19(25)22-15-4-2-3-14(12-15)17-7-10-20(26)24-23-17/h2-5,7-8,10-12H,6,9H2,1H3,(H,22,25)(H,24,26). The second kappa shape index (κ2) is 8.51. The van der Waals surface area contributed by atoms with Gasteiger partial charge in [0.1, 0.15) is 5.75 Å². The van der Waals surface area contributed by atoms with Crippen LogP contribution in [-0.4, -0.2) is 23.2 Å². The third kappa shape index (κ3) is 4.95. The van der Waals surface area contributed by atoms with E-state index in [9.17, 15) is 9.59 Å². The zero-order valence-electron chi connectivity index (χ0n) is 14.7. The van der Waals surface area contributed by atoms with Gasteiger partial charge in [0.25, 0.3) is 5.56 Å². The number of hydrogen-bond acceptors (Lipinski definition) is 4. The molecule has 0 saturated carbocycles. The van der Waals surface area contributed by atoms with E-state index in [1.54, 1.807) is 31.4 Å². The average Bonchev–Trinajstić information content (AvgIpc) is 2.67. The molecule has 3 rings (SSSR count). The van der Waals surface area contributed by atoms with Gasteiger partial charge in [-0.1, -0.05) is 29.8 Å². The highest BCUT2D eigenvalue weighted by molar-refractivity contribution is 6.32. The number of hydrogen-bond donors (Lipinski definition) is 2. The fourth-order valence-electron chi connectivity index (χ4n) is 2.61. The van der Waals surface area contributed by atoms with Gasteiger partial charge in [-0.3, -0.25) is 9.59 Å². The number of aromatic amines is 1. The number of H-pyrrole nitrogens is 1. The molecule has 0 spiro atoms. The van der Waals surface area contributed by atoms with Crippen LogP contribution in [0.5, 0.6) is 5.75 Å². The first-order valence-corrected chi connectivity index (χ1v) is 8.71. The fraction of sp³-hybridized carbons (Fsp3) is 0.150. The fourth-order valence-corrected chi connectivity index (χ4v) is 2.89. The summed E-state index contributed by atoms with van der Waals surface area (Å²) in [5, 5.41) is 9.79. The highest BCUT2D eigenvalue weighted by atomic mass is 35.5. The van der Waals surface area contributed by atoms with E-state index < -0.39 is 0 Å². The second-order valence-electron chi connectivity index (χ2n) is 5.90. The average molecular weight is 384 g/mol. The highest BCUT2D eigenvalue weighted by Crippen LogP contribution is 2.25. The molecule has 0 bridgehead atoms. The van der Waals surface area contributed by atoms with Crippen LogP contribution in [0.3, 0.4) is 0 Å². The molecule has 7 heteroatoms. The van der Waals surface area contributed by atoms with E-state index >= 15 is 0 Å². The molecule has 0 radical (unpaired) electrons. The maximum atomic E-state index is 12.3. The molecule has 1 aromatic heterocycles. The Kier molecular flexibility index (Phi) is 5.88. The lowest BCUT2D eigenvalue weighted by atomic mass is 10.1. The second-order valence-corrected chi connectivity index (χ2v) is 6.31. The monoisotopic (exact) mass is 383 g/mol. The molecule has 0 unspecified atom stereocenters. The molecule has 27 heavy (non-hydrogen) atoms. The van der Waals surface area contributed by atoms with Crippen LogP contribution < -0.4 is 15.6 Å². The third-order valence-corrected chi connectivity index (χ3v) is 4.27. The van der Waals surface area contributed by atoms with Gasteiger partial charge in [0.05, 0.1) is 17.8 Å². The SMILES string of the molecule is COc1ccc(CCC(=O)Nc2cccc(-c3ccc(=O)[nH]n3)c2)cc1Cl. The minimum absolute atomic E-state index is 0.103. The molecule has 138 valence electrons. The van der Waals surface area contributed by atoms with Crippen molar-refractivity contribution in [3.05, 3.63) is 75.5 Å². The molecule has 1 heterocycles. The van der Waals surface area contributed by atoms with Crippen molar-refractivity contribution in [3.63, 3.8) is 0 Å². The normalized spacial score (nSPS) is 10.4. The molecular weight excluding hydrogens is 366 g/mol. The Morgan fingerprint density at radius 3 is 2.74 bits per heavy atom. The summed E-state index contributed by atoms with van der Waals surface area (Å²) in [6, 6.07) is 15.8. The van der Waals surface area contributed by atoms with Crippen LogP contribution in [0.1, 0.15) is 12.0 Å². The molecular formula is C20H18ClN3O3. The van der Waals surface area contributed by atoms with E-state index in [2.05, 4.69) is 15.5 Å². The van der Waals surface area contributed by atoms with Crippen LogP contribution in [0.2, 0.25) is 5.02 Å². The maximum Gasteiger partial charge on any atom is 0.264 e. The zero-order valence-corrected chi connectivity index (χ0v) is 15.4. The molecule has 3 aromatic rings. The molecule has 2 aromatic carbocycles. The predicted octanol–water partition coefficient (Wildman–Crippen LogP) is 3.67. The minimum Gasteiger partial charge on any atom is -0.495 e. The van der Waals surface area contributed by atoms with Crippen molar-refractivity contribution in [2.45, 2.75) is 12.8 Å². The van der Waals surface area contributed by atoms with Crippen molar-refractivity contribution in [2.24, 2.45) is 0 Å². The van der Waals surface area contributed by atoms with Crippen molar-refractivity contribution < 1.29 is 9.53 Å². The quantitative estimate of drug-likeness (QED) is 0.680. The lowest BCUT2D eigenvalue weighted by molar-refractivity contribution is -0.116. The third-order valence-electron chi connectivity index (χ3n) is 3.98. The molecule has 2 N–H and O–H groups in total. The molecule has 0 aliphatic heterocycles. The van der Waals surface area contributed by atoms with Gasteiger partial charge in [-0.25, -0.2) is 5.10 Å². The Morgan fingerprint density at radius 2 is 2.04 bits per heavy atom. The van der Waals surface area contributed by atoms with Crippen LogP contribution in [0, 0.1) is 0 Å². The number of aromatic nitrogens is 2. The summed E-state index contributed by atoms with van der Waals surface area (Å²) in [5.41, 5.74) is 2.78. The first-order valence-electron chi connectivity index (χ1n) is 8.33. The van der Waals surface area contributed by atoms with Crippen LogP contribution in [0.25, 0.3) is 11.3 Å². The molecule has 6 nitrogen and oxygen atoms in total. The number of methoxy groups -OCH3 is 1. The lowest BCUT2D eigenvalue weighted by Crippen LogP contribution is -2.12. The number of anilines is 1. The van der Waals surface area contributed by atoms with Crippen molar-refractivity contribution >= 4 is 23.2 Å². The van der Waals surface area contributed by atoms with E-state index in [0.29, 0.717) is 35.0 Å². The van der Waals surface area contributed by atoms with Crippen LogP contribution >= 0.6 is 11.6 Å². The Morgan fingerprint density at radius 1 is 1.19 bits per heavy atom. The number of amides is 1. The lowest BCUT2D eigenvalue weighted by Gasteiger charge is -2.08. The van der Waals surface area contributed by atoms with E-state index in [1.807, 2.05) is 24.3 Å². The van der Waals surface area contributed by atoms with E-state index in [4.69, 9.17) is 16.3 Å². The number of carbonyl (C=O) groups excluding carboxylic acids is 1. The Hall–Kier alpha value is -3.12. The van der Waals surface area contributed by atoms with Crippen molar-refractivity contribution in [1.82, 2.24) is 10.2 Å². The smallest absolute Gasteiger partial charge is 0.264 e. The van der Waals surface area contributed by atoms with Crippen LogP contribution in [0.4, 0.5) is 5.69 Å². The number of benzene rings is 2. The Balaban J connectivity index is 1.62.